The molecule has 0 saturated heterocycles. The monoisotopic (exact) mass is 991 g/mol. The Labute approximate surface area is 465 Å². The molecule has 0 saturated carbocycles. The van der Waals surface area contributed by atoms with E-state index >= 15 is 0 Å². The normalized spacial score (nSPS) is 13.9. The number of hydrazone groups is 1. The number of aromatic carboxylic acids is 1. The van der Waals surface area contributed by atoms with Gasteiger partial charge in [-0.15, -0.1) is 0 Å². The molecule has 0 aliphatic heterocycles. The summed E-state index contributed by atoms with van der Waals surface area (Å²) >= 11 is 6.05. The third-order valence-electron chi connectivity index (χ3n) is 7.65. The van der Waals surface area contributed by atoms with Crippen LogP contribution in [0.4, 0.5) is 17.1 Å². The van der Waals surface area contributed by atoms with Crippen LogP contribution >= 0.6 is 11.6 Å². The molecule has 3 N–H and O–H groups in total. The van der Waals surface area contributed by atoms with E-state index in [1.165, 1.54) is 24.3 Å². The van der Waals surface area contributed by atoms with Crippen LogP contribution in [0.3, 0.4) is 0 Å². The average molecular weight is 992 g/mol. The number of hydrogen-bond acceptors (Lipinski definition) is 20. The molecule has 5 aromatic rings. The second kappa shape index (κ2) is 22.7. The first-order valence-electron chi connectivity index (χ1n) is 14.9. The van der Waals surface area contributed by atoms with Crippen molar-refractivity contribution >= 4 is 103 Å². The largest absolute Gasteiger partial charge is 1.00 e. The molecule has 0 amide bonds. The molecular weight excluding hydrogens is 977 g/mol. The fourth-order valence-corrected chi connectivity index (χ4v) is 8.01. The fourth-order valence-electron chi connectivity index (χ4n) is 5.33. The first-order chi connectivity index (χ1) is 26.4. The van der Waals surface area contributed by atoms with Gasteiger partial charge in [-0.3, -0.25) is 15.2 Å². The molecule has 1 aliphatic carbocycles. The van der Waals surface area contributed by atoms with Crippen LogP contribution in [0.1, 0.15) is 26.3 Å². The summed E-state index contributed by atoms with van der Waals surface area (Å²) < 4.78 is 145. The summed E-state index contributed by atoms with van der Waals surface area (Å²) in [5, 5.41) is 15.0. The Morgan fingerprint density at radius 1 is 0.710 bits per heavy atom. The number of nitrogens with zero attached hydrogens (tertiary/aromatic N) is 4. The topological polar surface area (TPSA) is 380 Å². The molecule has 62 heavy (non-hydrogen) atoms. The molecule has 4 aromatic carbocycles. The molecule has 1 heterocycles. The van der Waals surface area contributed by atoms with Gasteiger partial charge >= 0.3 is 148 Å². The van der Waals surface area contributed by atoms with Crippen LogP contribution in [0.15, 0.2) is 101 Å². The van der Waals surface area contributed by atoms with Gasteiger partial charge < -0.3 is 33.1 Å². The van der Waals surface area contributed by atoms with Crippen molar-refractivity contribution < 1.29 is 214 Å². The number of rotatable bonds is 9. The molecule has 6 rings (SSSR count). The van der Waals surface area contributed by atoms with Crippen molar-refractivity contribution in [3.05, 3.63) is 105 Å². The Hall–Kier alpha value is -0.970. The van der Waals surface area contributed by atoms with Crippen LogP contribution in [0.5, 0.6) is 0 Å². The summed E-state index contributed by atoms with van der Waals surface area (Å²) in [5.41, 5.74) is -4.33. The van der Waals surface area contributed by atoms with Crippen LogP contribution in [0.2, 0.25) is 5.28 Å². The van der Waals surface area contributed by atoms with E-state index < -0.39 is 128 Å². The standard InChI is InChI=1S/C30H20ClN7O15S4.5Na/c31-28-34-29(32-19-8-6-15(54(42,43)44)11-18(19)27(40)41)36-30(35-28)33-21-12-16(55(45,46)47)9-14-10-22(56(48,49)50)24(25(39)23(14)21)38-37-20-7-5-13-3-1-2-4-17(13)26(20)57(51,52)53;;;;;/h1-12,37H,(H,40,41)(H,42,43,44)(H,45,46,47)(H,48,49,50)(H,51,52,53)(H2,32,33,34,35,36);;;;;/q;5*+1/p-5/b38-24+;;;;;. The Morgan fingerprint density at radius 3 is 1.92 bits per heavy atom. The van der Waals surface area contributed by atoms with E-state index in [-0.39, 0.29) is 153 Å². The van der Waals surface area contributed by atoms with Crippen molar-refractivity contribution in [3.8, 4) is 0 Å². The number of H-pyrrole nitrogens is 2. The molecule has 0 spiro atoms. The van der Waals surface area contributed by atoms with Gasteiger partial charge in [-0.25, -0.2) is 43.7 Å². The van der Waals surface area contributed by atoms with Crippen molar-refractivity contribution in [1.29, 1.82) is 0 Å². The number of halogens is 1. The van der Waals surface area contributed by atoms with Crippen LogP contribution in [0.25, 0.3) is 16.8 Å². The number of Topliss-reactive ketones (excluding diaryl/α,β-unsaturated/α-hetero) is 1. The molecule has 0 unspecified atom stereocenters. The summed E-state index contributed by atoms with van der Waals surface area (Å²) in [4.78, 5) is 37.9. The van der Waals surface area contributed by atoms with Gasteiger partial charge in [0.25, 0.3) is 0 Å². The number of anilines is 1. The van der Waals surface area contributed by atoms with Crippen molar-refractivity contribution in [2.45, 2.75) is 14.7 Å². The van der Waals surface area contributed by atoms with Gasteiger partial charge in [0, 0.05) is 10.9 Å². The Morgan fingerprint density at radius 2 is 1.34 bits per heavy atom. The minimum atomic E-state index is -5.68. The first kappa shape index (κ1) is 59.0. The number of nitrogens with one attached hydrogen (secondary N) is 3. The van der Waals surface area contributed by atoms with Gasteiger partial charge in [-0.1, -0.05) is 30.3 Å². The number of carbonyl (C=O) groups is 2. The minimum Gasteiger partial charge on any atom is -0.744 e. The van der Waals surface area contributed by atoms with Crippen molar-refractivity contribution in [1.82, 2.24) is 15.0 Å². The third kappa shape index (κ3) is 13.6. The smallest absolute Gasteiger partial charge is 0.744 e. The Bertz CT molecular complexity index is 3310. The van der Waals surface area contributed by atoms with E-state index in [2.05, 4.69) is 35.5 Å². The molecule has 1 aliphatic rings. The zero-order valence-corrected chi connectivity index (χ0v) is 46.4. The van der Waals surface area contributed by atoms with Gasteiger partial charge in [0.05, 0.1) is 48.2 Å². The SMILES string of the molecule is O=C([O-])c1cc(S(=O)(=O)[O-])ccc1N=c1nc(Cl)[nH]c(=Nc2cc(S(=O)(=O)[O-])cc3c2C(=O)/C(=N/Nc2ccc4ccccc4c2S(=O)(=O)[O-])C(S(=O)(=O)[O-])=C3)[nH]1.[Na+].[Na+].[Na+].[Na+].[Na+]. The number of allylic oxidation sites excluding steroid dienone is 1. The van der Waals surface area contributed by atoms with Crippen LogP contribution in [-0.2, 0) is 40.5 Å². The molecular formula is C30H15ClN7Na5O15S4. The molecule has 0 fully saturated rings. The second-order valence-corrected chi connectivity index (χ2v) is 17.1. The maximum atomic E-state index is 14.0. The Kier molecular flexibility index (Phi) is 21.6. The van der Waals surface area contributed by atoms with Crippen molar-refractivity contribution in [2.75, 3.05) is 5.43 Å². The zero-order valence-electron chi connectivity index (χ0n) is 32.4. The maximum Gasteiger partial charge on any atom is 1.00 e. The Balaban J connectivity index is 0.00000384. The summed E-state index contributed by atoms with van der Waals surface area (Å²) in [6.45, 7) is 0. The number of aromatic nitrogens is 3. The average Bonchev–Trinajstić information content (AvgIpc) is 3.08. The zero-order chi connectivity index (χ0) is 41.8. The number of carboxylic acid groups (broad SMARTS) is 1. The maximum absolute atomic E-state index is 14.0. The van der Waals surface area contributed by atoms with E-state index in [0.717, 1.165) is 18.2 Å². The summed E-state index contributed by atoms with van der Waals surface area (Å²) in [7, 11) is -21.5. The molecule has 0 atom stereocenters. The van der Waals surface area contributed by atoms with Crippen molar-refractivity contribution in [2.24, 2.45) is 15.1 Å². The number of carboxylic acids is 1. The first-order valence-corrected chi connectivity index (χ1v) is 20.9. The predicted molar refractivity (Wildman–Crippen MR) is 187 cm³/mol. The van der Waals surface area contributed by atoms with Gasteiger partial charge in [-0.2, -0.15) is 10.1 Å². The number of aromatic amines is 2. The summed E-state index contributed by atoms with van der Waals surface area (Å²) in [6, 6.07) is 11.2. The second-order valence-electron chi connectivity index (χ2n) is 11.3. The summed E-state index contributed by atoms with van der Waals surface area (Å²) in [5.74, 6) is -3.43. The molecule has 0 radical (unpaired) electrons. The van der Waals surface area contributed by atoms with Crippen LogP contribution in [-0.4, -0.2) is 84.3 Å². The number of hydrogen-bond donors (Lipinski definition) is 3. The van der Waals surface area contributed by atoms with E-state index in [9.17, 15) is 66.6 Å². The quantitative estimate of drug-likeness (QED) is 0.0701. The number of ketones is 1. The van der Waals surface area contributed by atoms with E-state index in [4.69, 9.17) is 11.6 Å². The number of benzene rings is 4. The van der Waals surface area contributed by atoms with Gasteiger partial charge in [0.1, 0.15) is 46.2 Å². The van der Waals surface area contributed by atoms with Crippen molar-refractivity contribution in [3.63, 3.8) is 0 Å². The molecule has 1 aromatic heterocycles. The minimum absolute atomic E-state index is 0. The van der Waals surface area contributed by atoms with Crippen LogP contribution in [0, 0.1) is 0 Å². The van der Waals surface area contributed by atoms with E-state index in [0.29, 0.717) is 29.7 Å². The number of fused-ring (bicyclic) bond motifs is 2. The van der Waals surface area contributed by atoms with Crippen LogP contribution < -0.4 is 170 Å². The van der Waals surface area contributed by atoms with E-state index in [1.807, 2.05) is 0 Å². The van der Waals surface area contributed by atoms with Gasteiger partial charge in [-0.05, 0) is 65.0 Å². The summed E-state index contributed by atoms with van der Waals surface area (Å²) in [6.07, 6.45) is 0.486. The molecule has 0 bridgehead atoms. The third-order valence-corrected chi connectivity index (χ3v) is 11.3. The van der Waals surface area contributed by atoms with Gasteiger partial charge in [0.15, 0.2) is 0 Å². The predicted octanol–water partition coefficient (Wildman–Crippen LogP) is -15.3. The molecule has 32 heteroatoms. The molecule has 296 valence electrons. The molecule has 22 nitrogen and oxygen atoms in total. The van der Waals surface area contributed by atoms with Gasteiger partial charge in [0.2, 0.25) is 22.3 Å². The van der Waals surface area contributed by atoms with E-state index in [1.54, 1.807) is 6.07 Å². The fraction of sp³-hybridized carbons (Fsp3) is 0. The number of carbonyl (C=O) groups excluding carboxylic acids is 2.